The zero-order valence-corrected chi connectivity index (χ0v) is 11.6. The van der Waals surface area contributed by atoms with Crippen molar-refractivity contribution in [2.24, 2.45) is 0 Å². The van der Waals surface area contributed by atoms with Crippen molar-refractivity contribution in [3.8, 4) is 0 Å². The second kappa shape index (κ2) is 7.44. The van der Waals surface area contributed by atoms with Crippen LogP contribution in [-0.4, -0.2) is 47.1 Å². The molecule has 0 aliphatic heterocycles. The van der Waals surface area contributed by atoms with Crippen LogP contribution in [0.1, 0.15) is 24.2 Å². The van der Waals surface area contributed by atoms with Crippen LogP contribution in [0.15, 0.2) is 18.2 Å². The van der Waals surface area contributed by atoms with Crippen LogP contribution in [0.4, 0.5) is 11.4 Å². The van der Waals surface area contributed by atoms with E-state index < -0.39 is 10.9 Å². The summed E-state index contributed by atoms with van der Waals surface area (Å²) in [6, 6.07) is 3.74. The van der Waals surface area contributed by atoms with Gasteiger partial charge in [0.25, 0.3) is 5.69 Å². The highest BCUT2D eigenvalue weighted by Crippen LogP contribution is 2.25. The largest absolute Gasteiger partial charge is 0.478 e. The Hall–Kier alpha value is -2.15. The number of carbonyl (C=O) groups is 1. The molecule has 2 N–H and O–H groups in total. The molecule has 0 aromatic heterocycles. The van der Waals surface area contributed by atoms with Gasteiger partial charge in [0.1, 0.15) is 5.69 Å². The average molecular weight is 281 g/mol. The molecule has 0 spiro atoms. The molecule has 0 atom stereocenters. The molecule has 0 saturated heterocycles. The molecule has 1 rings (SSSR count). The first-order valence-electron chi connectivity index (χ1n) is 6.47. The molecular weight excluding hydrogens is 262 g/mol. The van der Waals surface area contributed by atoms with Crippen molar-refractivity contribution in [1.82, 2.24) is 4.90 Å². The Kier molecular flexibility index (Phi) is 5.92. The molecule has 7 heteroatoms. The van der Waals surface area contributed by atoms with Gasteiger partial charge in [-0.15, -0.1) is 0 Å². The SMILES string of the molecule is CCN(CC)CCNc1cc(C(=O)O)ccc1[N+](=O)[O-]. The number of nitro benzene ring substituents is 1. The Morgan fingerprint density at radius 2 is 2.05 bits per heavy atom. The van der Waals surface area contributed by atoms with Crippen LogP contribution in [-0.2, 0) is 0 Å². The summed E-state index contributed by atoms with van der Waals surface area (Å²) in [4.78, 5) is 23.5. The van der Waals surface area contributed by atoms with E-state index >= 15 is 0 Å². The van der Waals surface area contributed by atoms with Gasteiger partial charge in [-0.1, -0.05) is 13.8 Å². The average Bonchev–Trinajstić information content (AvgIpc) is 2.43. The number of hydrogen-bond donors (Lipinski definition) is 2. The third kappa shape index (κ3) is 4.20. The minimum absolute atomic E-state index is 0.0286. The molecule has 0 bridgehead atoms. The molecule has 0 heterocycles. The smallest absolute Gasteiger partial charge is 0.335 e. The second-order valence-corrected chi connectivity index (χ2v) is 4.25. The van der Waals surface area contributed by atoms with Crippen LogP contribution in [0.25, 0.3) is 0 Å². The number of nitro groups is 1. The number of nitrogens with zero attached hydrogens (tertiary/aromatic N) is 2. The highest BCUT2D eigenvalue weighted by Gasteiger charge is 2.16. The summed E-state index contributed by atoms with van der Waals surface area (Å²) >= 11 is 0. The van der Waals surface area contributed by atoms with E-state index in [1.54, 1.807) is 0 Å². The van der Waals surface area contributed by atoms with E-state index in [-0.39, 0.29) is 16.9 Å². The molecule has 7 nitrogen and oxygen atoms in total. The van der Waals surface area contributed by atoms with Gasteiger partial charge in [0.2, 0.25) is 0 Å². The third-order valence-electron chi connectivity index (χ3n) is 3.08. The molecule has 0 fully saturated rings. The monoisotopic (exact) mass is 281 g/mol. The maximum absolute atomic E-state index is 10.9. The number of carboxylic acids is 1. The van der Waals surface area contributed by atoms with Crippen molar-refractivity contribution in [1.29, 1.82) is 0 Å². The fourth-order valence-electron chi connectivity index (χ4n) is 1.86. The normalized spacial score (nSPS) is 10.6. The van der Waals surface area contributed by atoms with E-state index in [9.17, 15) is 14.9 Å². The summed E-state index contributed by atoms with van der Waals surface area (Å²) in [5.74, 6) is -1.10. The van der Waals surface area contributed by atoms with Gasteiger partial charge in [0.15, 0.2) is 0 Å². The lowest BCUT2D eigenvalue weighted by atomic mass is 10.1. The number of nitrogens with one attached hydrogen (secondary N) is 1. The molecule has 1 aromatic carbocycles. The highest BCUT2D eigenvalue weighted by molar-refractivity contribution is 5.90. The first-order valence-corrected chi connectivity index (χ1v) is 6.47. The fourth-order valence-corrected chi connectivity index (χ4v) is 1.86. The Morgan fingerprint density at radius 1 is 1.40 bits per heavy atom. The van der Waals surface area contributed by atoms with Gasteiger partial charge < -0.3 is 15.3 Å². The van der Waals surface area contributed by atoms with Gasteiger partial charge in [-0.25, -0.2) is 4.79 Å². The minimum Gasteiger partial charge on any atom is -0.478 e. The number of carboxylic acid groups (broad SMARTS) is 1. The molecule has 110 valence electrons. The molecule has 0 aliphatic rings. The van der Waals surface area contributed by atoms with Crippen molar-refractivity contribution in [2.45, 2.75) is 13.8 Å². The van der Waals surface area contributed by atoms with Gasteiger partial charge in [-0.3, -0.25) is 10.1 Å². The summed E-state index contributed by atoms with van der Waals surface area (Å²) < 4.78 is 0. The number of aromatic carboxylic acids is 1. The number of likely N-dealkylation sites (N-methyl/N-ethyl adjacent to an activating group) is 1. The van der Waals surface area contributed by atoms with Gasteiger partial charge in [-0.05, 0) is 25.2 Å². The van der Waals surface area contributed by atoms with Crippen LogP contribution in [0.2, 0.25) is 0 Å². The van der Waals surface area contributed by atoms with Gasteiger partial charge in [-0.2, -0.15) is 0 Å². The topological polar surface area (TPSA) is 95.7 Å². The Balaban J connectivity index is 2.82. The zero-order valence-electron chi connectivity index (χ0n) is 11.6. The molecule has 20 heavy (non-hydrogen) atoms. The van der Waals surface area contributed by atoms with Crippen LogP contribution < -0.4 is 5.32 Å². The molecule has 0 amide bonds. The summed E-state index contributed by atoms with van der Waals surface area (Å²) in [6.45, 7) is 7.13. The standard InChI is InChI=1S/C13H19N3O4/c1-3-15(4-2)8-7-14-11-9-10(13(17)18)5-6-12(11)16(19)20/h5-6,9,14H,3-4,7-8H2,1-2H3,(H,17,18). The lowest BCUT2D eigenvalue weighted by Crippen LogP contribution is -2.28. The first kappa shape index (κ1) is 15.9. The predicted octanol–water partition coefficient (Wildman–Crippen LogP) is 2.05. The zero-order chi connectivity index (χ0) is 15.1. The third-order valence-corrected chi connectivity index (χ3v) is 3.08. The molecule has 1 aromatic rings. The van der Waals surface area contributed by atoms with Crippen molar-refractivity contribution in [2.75, 3.05) is 31.5 Å². The highest BCUT2D eigenvalue weighted by atomic mass is 16.6. The maximum atomic E-state index is 10.9. The molecular formula is C13H19N3O4. The number of hydrogen-bond acceptors (Lipinski definition) is 5. The van der Waals surface area contributed by atoms with Crippen molar-refractivity contribution in [3.05, 3.63) is 33.9 Å². The molecule has 0 unspecified atom stereocenters. The van der Waals surface area contributed by atoms with Gasteiger partial charge in [0, 0.05) is 19.2 Å². The number of benzene rings is 1. The van der Waals surface area contributed by atoms with E-state index in [0.29, 0.717) is 6.54 Å². The van der Waals surface area contributed by atoms with Crippen LogP contribution in [0, 0.1) is 10.1 Å². The van der Waals surface area contributed by atoms with E-state index in [2.05, 4.69) is 10.2 Å². The molecule has 0 radical (unpaired) electrons. The first-order chi connectivity index (χ1) is 9.49. The predicted molar refractivity (Wildman–Crippen MR) is 76.3 cm³/mol. The Morgan fingerprint density at radius 3 is 2.55 bits per heavy atom. The van der Waals surface area contributed by atoms with E-state index in [1.165, 1.54) is 18.2 Å². The fraction of sp³-hybridized carbons (Fsp3) is 0.462. The number of anilines is 1. The van der Waals surface area contributed by atoms with Crippen molar-refractivity contribution in [3.63, 3.8) is 0 Å². The van der Waals surface area contributed by atoms with Gasteiger partial charge >= 0.3 is 5.97 Å². The summed E-state index contributed by atoms with van der Waals surface area (Å²) in [5, 5.41) is 22.8. The summed E-state index contributed by atoms with van der Waals surface area (Å²) in [7, 11) is 0. The second-order valence-electron chi connectivity index (χ2n) is 4.25. The number of rotatable bonds is 8. The van der Waals surface area contributed by atoms with E-state index in [1.807, 2.05) is 13.8 Å². The Bertz CT molecular complexity index is 487. The van der Waals surface area contributed by atoms with Crippen molar-refractivity contribution >= 4 is 17.3 Å². The lowest BCUT2D eigenvalue weighted by Gasteiger charge is -2.18. The minimum atomic E-state index is -1.10. The lowest BCUT2D eigenvalue weighted by molar-refractivity contribution is -0.384. The van der Waals surface area contributed by atoms with E-state index in [4.69, 9.17) is 5.11 Å². The summed E-state index contributed by atoms with van der Waals surface area (Å²) in [6.07, 6.45) is 0. The van der Waals surface area contributed by atoms with Crippen molar-refractivity contribution < 1.29 is 14.8 Å². The quantitative estimate of drug-likeness (QED) is 0.559. The molecule has 0 aliphatic carbocycles. The van der Waals surface area contributed by atoms with Crippen LogP contribution >= 0.6 is 0 Å². The summed E-state index contributed by atoms with van der Waals surface area (Å²) in [5.41, 5.74) is 0.151. The van der Waals surface area contributed by atoms with Crippen LogP contribution in [0.5, 0.6) is 0 Å². The van der Waals surface area contributed by atoms with E-state index in [0.717, 1.165) is 19.6 Å². The van der Waals surface area contributed by atoms with Gasteiger partial charge in [0.05, 0.1) is 10.5 Å². The van der Waals surface area contributed by atoms with Crippen LogP contribution in [0.3, 0.4) is 0 Å². The Labute approximate surface area is 117 Å². The molecule has 0 saturated carbocycles. The maximum Gasteiger partial charge on any atom is 0.335 e.